The Morgan fingerprint density at radius 3 is 2.39 bits per heavy atom. The predicted molar refractivity (Wildman–Crippen MR) is 126 cm³/mol. The zero-order valence-electron chi connectivity index (χ0n) is 19.6. The first-order chi connectivity index (χ1) is 16.0. The van der Waals surface area contributed by atoms with E-state index in [4.69, 9.17) is 14.2 Å². The quantitative estimate of drug-likeness (QED) is 0.540. The van der Waals surface area contributed by atoms with Gasteiger partial charge in [0, 0.05) is 61.0 Å². The molecule has 1 aliphatic heterocycles. The maximum Gasteiger partial charge on any atom is 0.325 e. The highest BCUT2D eigenvalue weighted by molar-refractivity contribution is 5.89. The van der Waals surface area contributed by atoms with Crippen LogP contribution in [0.25, 0.3) is 10.9 Å². The fraction of sp³-hybridized carbons (Fsp3) is 0.400. The van der Waals surface area contributed by atoms with Crippen molar-refractivity contribution < 1.29 is 24.1 Å². The molecule has 4 rings (SSSR count). The van der Waals surface area contributed by atoms with Crippen LogP contribution in [0.1, 0.15) is 22.7 Å². The number of aromatic amines is 1. The molecule has 0 amide bonds. The fourth-order valence-electron chi connectivity index (χ4n) is 4.68. The Hall–Kier alpha value is -3.23. The number of aromatic nitrogens is 1. The van der Waals surface area contributed by atoms with Gasteiger partial charge in [0.15, 0.2) is 11.5 Å². The second-order valence-corrected chi connectivity index (χ2v) is 8.34. The molecule has 0 unspecified atom stereocenters. The van der Waals surface area contributed by atoms with Crippen LogP contribution in [0, 0.1) is 6.92 Å². The van der Waals surface area contributed by atoms with Gasteiger partial charge >= 0.3 is 5.97 Å². The van der Waals surface area contributed by atoms with E-state index in [1.54, 1.807) is 21.3 Å². The van der Waals surface area contributed by atoms with Crippen molar-refractivity contribution in [2.45, 2.75) is 19.5 Å². The molecule has 1 aromatic heterocycles. The number of ether oxygens (including phenoxy) is 3. The van der Waals surface area contributed by atoms with Crippen molar-refractivity contribution >= 4 is 16.9 Å². The normalized spacial score (nSPS) is 16.0. The van der Waals surface area contributed by atoms with Crippen LogP contribution < -0.4 is 14.2 Å². The van der Waals surface area contributed by atoms with Gasteiger partial charge in [-0.1, -0.05) is 17.7 Å². The van der Waals surface area contributed by atoms with Crippen LogP contribution in [0.15, 0.2) is 36.5 Å². The molecule has 0 spiro atoms. The number of aryl methyl sites for hydroxylation is 1. The summed E-state index contributed by atoms with van der Waals surface area (Å²) in [6, 6.07) is 9.27. The molecule has 1 aliphatic rings. The molecule has 8 nitrogen and oxygen atoms in total. The highest BCUT2D eigenvalue weighted by Crippen LogP contribution is 2.40. The summed E-state index contributed by atoms with van der Waals surface area (Å²) in [6.07, 6.45) is 1.84. The van der Waals surface area contributed by atoms with E-state index in [0.717, 1.165) is 40.7 Å². The van der Waals surface area contributed by atoms with E-state index in [-0.39, 0.29) is 0 Å². The number of nitrogens with zero attached hydrogens (tertiary/aromatic N) is 2. The molecule has 2 aromatic carbocycles. The van der Waals surface area contributed by atoms with E-state index in [2.05, 4.69) is 20.9 Å². The number of hydrogen-bond donors (Lipinski definition) is 2. The van der Waals surface area contributed by atoms with E-state index >= 15 is 0 Å². The van der Waals surface area contributed by atoms with Gasteiger partial charge in [0.25, 0.3) is 0 Å². The van der Waals surface area contributed by atoms with E-state index < -0.39 is 12.0 Å². The Kier molecular flexibility index (Phi) is 6.76. The Balaban J connectivity index is 1.50. The summed E-state index contributed by atoms with van der Waals surface area (Å²) in [6.45, 7) is 5.52. The number of aliphatic carboxylic acids is 1. The lowest BCUT2D eigenvalue weighted by molar-refractivity contribution is -0.144. The lowest BCUT2D eigenvalue weighted by atomic mass is 10.0. The molecule has 3 aromatic rings. The number of fused-ring (bicyclic) bond motifs is 1. The summed E-state index contributed by atoms with van der Waals surface area (Å²) >= 11 is 0. The zero-order chi connectivity index (χ0) is 23.5. The van der Waals surface area contributed by atoms with Gasteiger partial charge in [0.05, 0.1) is 21.3 Å². The Labute approximate surface area is 193 Å². The van der Waals surface area contributed by atoms with Crippen molar-refractivity contribution in [2.75, 3.05) is 47.5 Å². The number of carboxylic acids is 1. The van der Waals surface area contributed by atoms with Crippen molar-refractivity contribution in [1.29, 1.82) is 0 Å². The number of hydrogen-bond acceptors (Lipinski definition) is 6. The summed E-state index contributed by atoms with van der Waals surface area (Å²) in [5, 5.41) is 11.1. The number of piperazine rings is 1. The number of nitrogens with one attached hydrogen (secondary N) is 1. The minimum Gasteiger partial charge on any atom is -0.493 e. The first-order valence-electron chi connectivity index (χ1n) is 11.0. The molecule has 0 aliphatic carbocycles. The number of benzene rings is 2. The maximum absolute atomic E-state index is 12.3. The molecule has 8 heteroatoms. The van der Waals surface area contributed by atoms with Crippen molar-refractivity contribution in [3.63, 3.8) is 0 Å². The van der Waals surface area contributed by atoms with Crippen LogP contribution in [0.5, 0.6) is 17.2 Å². The molecule has 1 fully saturated rings. The minimum atomic E-state index is -0.826. The average Bonchev–Trinajstić information content (AvgIpc) is 3.22. The summed E-state index contributed by atoms with van der Waals surface area (Å²) in [5.41, 5.74) is 3.89. The lowest BCUT2D eigenvalue weighted by Crippen LogP contribution is -2.48. The van der Waals surface area contributed by atoms with Crippen LogP contribution in [0.3, 0.4) is 0 Å². The second-order valence-electron chi connectivity index (χ2n) is 8.34. The number of H-pyrrole nitrogens is 1. The first kappa shape index (κ1) is 22.9. The Morgan fingerprint density at radius 2 is 1.76 bits per heavy atom. The van der Waals surface area contributed by atoms with E-state index in [0.29, 0.717) is 36.9 Å². The van der Waals surface area contributed by atoms with Crippen molar-refractivity contribution in [3.8, 4) is 17.2 Å². The van der Waals surface area contributed by atoms with Crippen LogP contribution in [-0.4, -0.2) is 73.4 Å². The number of rotatable bonds is 8. The topological polar surface area (TPSA) is 87.3 Å². The van der Waals surface area contributed by atoms with Crippen LogP contribution in [0.2, 0.25) is 0 Å². The summed E-state index contributed by atoms with van der Waals surface area (Å²) in [5.74, 6) is 1.04. The van der Waals surface area contributed by atoms with Gasteiger partial charge in [0.2, 0.25) is 5.75 Å². The zero-order valence-corrected chi connectivity index (χ0v) is 19.6. The average molecular weight is 454 g/mol. The van der Waals surface area contributed by atoms with Gasteiger partial charge in [-0.2, -0.15) is 0 Å². The smallest absolute Gasteiger partial charge is 0.325 e. The molecule has 0 bridgehead atoms. The van der Waals surface area contributed by atoms with Gasteiger partial charge in [-0.3, -0.25) is 14.6 Å². The third-order valence-electron chi connectivity index (χ3n) is 6.35. The van der Waals surface area contributed by atoms with Gasteiger partial charge in [-0.15, -0.1) is 0 Å². The van der Waals surface area contributed by atoms with Gasteiger partial charge in [0.1, 0.15) is 6.04 Å². The Morgan fingerprint density at radius 1 is 1.03 bits per heavy atom. The third-order valence-corrected chi connectivity index (χ3v) is 6.35. The van der Waals surface area contributed by atoms with Gasteiger partial charge < -0.3 is 24.3 Å². The fourth-order valence-corrected chi connectivity index (χ4v) is 4.68. The van der Waals surface area contributed by atoms with E-state index in [1.165, 1.54) is 0 Å². The number of carbonyl (C=O) groups is 1. The van der Waals surface area contributed by atoms with Crippen molar-refractivity contribution in [2.24, 2.45) is 0 Å². The number of carboxylic acid groups (broad SMARTS) is 1. The van der Waals surface area contributed by atoms with Crippen LogP contribution in [0.4, 0.5) is 0 Å². The van der Waals surface area contributed by atoms with Crippen LogP contribution in [-0.2, 0) is 11.3 Å². The molecule has 1 atom stereocenters. The van der Waals surface area contributed by atoms with Crippen molar-refractivity contribution in [3.05, 3.63) is 53.2 Å². The molecular weight excluding hydrogens is 422 g/mol. The van der Waals surface area contributed by atoms with Gasteiger partial charge in [-0.25, -0.2) is 0 Å². The van der Waals surface area contributed by atoms with E-state index in [9.17, 15) is 9.90 Å². The highest BCUT2D eigenvalue weighted by atomic mass is 16.5. The first-order valence-corrected chi connectivity index (χ1v) is 11.0. The predicted octanol–water partition coefficient (Wildman–Crippen LogP) is 3.45. The molecule has 0 radical (unpaired) electrons. The minimum absolute atomic E-state index is 0.580. The summed E-state index contributed by atoms with van der Waals surface area (Å²) in [4.78, 5) is 19.9. The molecule has 2 heterocycles. The summed E-state index contributed by atoms with van der Waals surface area (Å²) < 4.78 is 16.5. The largest absolute Gasteiger partial charge is 0.493 e. The molecule has 176 valence electrons. The number of methoxy groups -OCH3 is 3. The lowest BCUT2D eigenvalue weighted by Gasteiger charge is -2.37. The monoisotopic (exact) mass is 453 g/mol. The third kappa shape index (κ3) is 4.49. The maximum atomic E-state index is 12.3. The van der Waals surface area contributed by atoms with Crippen molar-refractivity contribution in [1.82, 2.24) is 14.8 Å². The van der Waals surface area contributed by atoms with E-state index in [1.807, 2.05) is 37.4 Å². The Bertz CT molecular complexity index is 1130. The van der Waals surface area contributed by atoms with Gasteiger partial charge in [-0.05, 0) is 25.1 Å². The molecular formula is C25H31N3O5. The molecule has 33 heavy (non-hydrogen) atoms. The SMILES string of the molecule is COc1ccc(CN2CCN([C@H](C(=O)O)c3c[nH]c4ccc(C)cc34)CC2)c(OC)c1OC. The standard InChI is InChI=1S/C25H31N3O5/c1-16-5-7-20-18(13-16)19(14-26-20)22(25(29)30)28-11-9-27(10-12-28)15-17-6-8-21(31-2)24(33-4)23(17)32-3/h5-8,13-14,22,26H,9-12,15H2,1-4H3,(H,29,30)/t22-/m0/s1. The summed E-state index contributed by atoms with van der Waals surface area (Å²) in [7, 11) is 4.82. The molecule has 2 N–H and O–H groups in total. The van der Waals surface area contributed by atoms with Crippen LogP contribution >= 0.6 is 0 Å². The second kappa shape index (κ2) is 9.72. The highest BCUT2D eigenvalue weighted by Gasteiger charge is 2.32. The molecule has 1 saturated heterocycles. The molecule has 0 saturated carbocycles.